The van der Waals surface area contributed by atoms with Crippen LogP contribution in [0.15, 0.2) is 36.4 Å². The lowest BCUT2D eigenvalue weighted by atomic mass is 10.1. The maximum Gasteiger partial charge on any atom is 0.258 e. The lowest BCUT2D eigenvalue weighted by Crippen LogP contribution is -2.27. The average Bonchev–Trinajstić information content (AvgIpc) is 3.26. The third-order valence-electron chi connectivity index (χ3n) is 7.05. The molecule has 2 aliphatic rings. The topological polar surface area (TPSA) is 96.5 Å². The first kappa shape index (κ1) is 32.6. The quantitative estimate of drug-likeness (QED) is 0.131. The van der Waals surface area contributed by atoms with Crippen LogP contribution in [-0.2, 0) is 14.3 Å². The summed E-state index contributed by atoms with van der Waals surface area (Å²) in [4.78, 5) is 38.3. The van der Waals surface area contributed by atoms with Crippen molar-refractivity contribution in [1.82, 2.24) is 0 Å². The van der Waals surface area contributed by atoms with Gasteiger partial charge in [-0.15, -0.1) is 23.2 Å². The van der Waals surface area contributed by atoms with Gasteiger partial charge in [0.15, 0.2) is 17.5 Å². The number of hydrogen-bond donors (Lipinski definition) is 3. The lowest BCUT2D eigenvalue weighted by Gasteiger charge is -2.15. The first-order valence-corrected chi connectivity index (χ1v) is 14.6. The molecule has 2 fully saturated rings. The van der Waals surface area contributed by atoms with Gasteiger partial charge in [0.2, 0.25) is 5.91 Å². The van der Waals surface area contributed by atoms with Gasteiger partial charge in [-0.1, -0.05) is 34.8 Å². The minimum Gasteiger partial charge on any atom is -0.368 e. The molecular formula is C28H18Cl5F4N3O4. The van der Waals surface area contributed by atoms with E-state index in [0.717, 1.165) is 18.2 Å². The van der Waals surface area contributed by atoms with Gasteiger partial charge in [0, 0.05) is 24.3 Å². The van der Waals surface area contributed by atoms with Crippen LogP contribution in [0, 0.1) is 29.2 Å². The molecule has 3 atom stereocenters. The Morgan fingerprint density at radius 1 is 0.841 bits per heavy atom. The van der Waals surface area contributed by atoms with Crippen LogP contribution < -0.4 is 16.0 Å². The number of carbonyl (C=O) groups is 3. The maximum absolute atomic E-state index is 15.1. The second-order valence-corrected chi connectivity index (χ2v) is 12.6. The molecule has 1 heterocycles. The van der Waals surface area contributed by atoms with Crippen LogP contribution in [0.5, 0.6) is 0 Å². The Kier molecular flexibility index (Phi) is 9.28. The van der Waals surface area contributed by atoms with Crippen molar-refractivity contribution in [3.8, 4) is 0 Å². The van der Waals surface area contributed by atoms with Crippen LogP contribution in [0.2, 0.25) is 15.1 Å². The van der Waals surface area contributed by atoms with E-state index in [9.17, 15) is 27.6 Å². The molecule has 1 aliphatic carbocycles. The minimum atomic E-state index is -1.66. The molecule has 3 N–H and O–H groups in total. The predicted octanol–water partition coefficient (Wildman–Crippen LogP) is 8.10. The molecule has 1 saturated heterocycles. The fourth-order valence-electron chi connectivity index (χ4n) is 4.81. The standard InChI is InChI=1S/C28H18Cl5F4N3O4/c29-13-6-10(7-14(30)21(13)31)19-20(28(19,32)33)27(43)38-11-8-12(22(36)16(35)9-11)25(41)40-24-15(34)3-4-17(23(24)37)39-26(42)18-2-1-5-44-18/h3-4,6-9,18-20H,1-2,5H2,(H,38,43)(H,39,42)(H,40,41)/t18?,19-,20?/m0/s1. The van der Waals surface area contributed by atoms with Crippen molar-refractivity contribution in [2.24, 2.45) is 5.92 Å². The summed E-state index contributed by atoms with van der Waals surface area (Å²) in [7, 11) is 0. The molecule has 0 spiro atoms. The fourth-order valence-corrected chi connectivity index (χ4v) is 6.25. The van der Waals surface area contributed by atoms with Crippen LogP contribution in [0.25, 0.3) is 0 Å². The molecule has 3 aromatic carbocycles. The Balaban J connectivity index is 1.35. The zero-order valence-electron chi connectivity index (χ0n) is 21.9. The number of rotatable bonds is 7. The van der Waals surface area contributed by atoms with E-state index in [2.05, 4.69) is 10.6 Å². The molecule has 2 unspecified atom stereocenters. The second kappa shape index (κ2) is 12.5. The van der Waals surface area contributed by atoms with Crippen molar-refractivity contribution in [1.29, 1.82) is 0 Å². The molecule has 1 aliphatic heterocycles. The molecule has 0 aromatic heterocycles. The monoisotopic (exact) mass is 711 g/mol. The van der Waals surface area contributed by atoms with Gasteiger partial charge >= 0.3 is 0 Å². The molecule has 3 aromatic rings. The molecule has 5 rings (SSSR count). The van der Waals surface area contributed by atoms with Gasteiger partial charge in [-0.05, 0) is 48.7 Å². The van der Waals surface area contributed by atoms with Gasteiger partial charge in [0.1, 0.15) is 21.9 Å². The smallest absolute Gasteiger partial charge is 0.258 e. The molecular weight excluding hydrogens is 696 g/mol. The van der Waals surface area contributed by atoms with Crippen molar-refractivity contribution in [3.63, 3.8) is 0 Å². The van der Waals surface area contributed by atoms with Crippen molar-refractivity contribution in [2.75, 3.05) is 22.6 Å². The maximum atomic E-state index is 15.1. The second-order valence-electron chi connectivity index (χ2n) is 9.97. The van der Waals surface area contributed by atoms with E-state index in [4.69, 9.17) is 62.7 Å². The Bertz CT molecular complexity index is 1680. The highest BCUT2D eigenvalue weighted by Gasteiger charge is 2.67. The molecule has 232 valence electrons. The fraction of sp³-hybridized carbons (Fsp3) is 0.250. The third kappa shape index (κ3) is 6.31. The highest BCUT2D eigenvalue weighted by Crippen LogP contribution is 2.65. The van der Waals surface area contributed by atoms with Crippen LogP contribution >= 0.6 is 58.0 Å². The number of carbonyl (C=O) groups excluding carboxylic acids is 3. The van der Waals surface area contributed by atoms with E-state index >= 15 is 4.39 Å². The first-order chi connectivity index (χ1) is 20.7. The Morgan fingerprint density at radius 2 is 1.52 bits per heavy atom. The van der Waals surface area contributed by atoms with E-state index in [0.29, 0.717) is 31.1 Å². The van der Waals surface area contributed by atoms with Gasteiger partial charge in [0.05, 0.1) is 32.2 Å². The molecule has 0 radical (unpaired) electrons. The lowest BCUT2D eigenvalue weighted by molar-refractivity contribution is -0.124. The molecule has 16 heteroatoms. The Labute approximate surface area is 272 Å². The largest absolute Gasteiger partial charge is 0.368 e. The van der Waals surface area contributed by atoms with Crippen molar-refractivity contribution >= 4 is 92.8 Å². The number of ether oxygens (including phenoxy) is 1. The normalized spacial score (nSPS) is 20.2. The summed E-state index contributed by atoms with van der Waals surface area (Å²) in [6, 6.07) is 5.87. The zero-order chi connectivity index (χ0) is 32.1. The van der Waals surface area contributed by atoms with E-state index in [-0.39, 0.29) is 20.8 Å². The number of hydrogen-bond acceptors (Lipinski definition) is 4. The summed E-state index contributed by atoms with van der Waals surface area (Å²) < 4.78 is 62.5. The predicted molar refractivity (Wildman–Crippen MR) is 159 cm³/mol. The molecule has 7 nitrogen and oxygen atoms in total. The highest BCUT2D eigenvalue weighted by atomic mass is 35.5. The van der Waals surface area contributed by atoms with Crippen molar-refractivity contribution in [3.05, 3.63) is 85.9 Å². The molecule has 0 bridgehead atoms. The summed E-state index contributed by atoms with van der Waals surface area (Å²) >= 11 is 30.8. The summed E-state index contributed by atoms with van der Waals surface area (Å²) in [6.45, 7) is 0.346. The highest BCUT2D eigenvalue weighted by molar-refractivity contribution is 6.54. The summed E-state index contributed by atoms with van der Waals surface area (Å²) in [5, 5.41) is 6.67. The van der Waals surface area contributed by atoms with Gasteiger partial charge in [-0.25, -0.2) is 17.6 Å². The molecule has 3 amide bonds. The average molecular weight is 714 g/mol. The Hall–Kier alpha value is -2.80. The Morgan fingerprint density at radius 3 is 2.16 bits per heavy atom. The SMILES string of the molecule is O=C(Nc1c(F)ccc(NC(=O)C2CCCO2)c1F)c1cc(NC(=O)C2[C@H](c3cc(Cl)c(Cl)c(Cl)c3)C2(Cl)Cl)cc(F)c1F. The van der Waals surface area contributed by atoms with Gasteiger partial charge in [-0.3, -0.25) is 14.4 Å². The number of benzene rings is 3. The van der Waals surface area contributed by atoms with Crippen LogP contribution in [0.4, 0.5) is 34.6 Å². The summed E-state index contributed by atoms with van der Waals surface area (Å²) in [5.74, 6) is -10.8. The van der Waals surface area contributed by atoms with Crippen LogP contribution in [-0.4, -0.2) is 34.8 Å². The van der Waals surface area contributed by atoms with Gasteiger partial charge in [-0.2, -0.15) is 0 Å². The molecule has 1 saturated carbocycles. The van der Waals surface area contributed by atoms with Gasteiger partial charge in [0.25, 0.3) is 11.8 Å². The van der Waals surface area contributed by atoms with E-state index in [1.54, 1.807) is 0 Å². The number of alkyl halides is 2. The van der Waals surface area contributed by atoms with Crippen LogP contribution in [0.1, 0.15) is 34.7 Å². The number of anilines is 3. The van der Waals surface area contributed by atoms with Crippen molar-refractivity contribution < 1.29 is 36.7 Å². The van der Waals surface area contributed by atoms with Crippen LogP contribution in [0.3, 0.4) is 0 Å². The van der Waals surface area contributed by atoms with Crippen molar-refractivity contribution in [2.45, 2.75) is 29.2 Å². The number of nitrogens with one attached hydrogen (secondary N) is 3. The van der Waals surface area contributed by atoms with E-state index in [1.165, 1.54) is 12.1 Å². The third-order valence-corrected chi connectivity index (χ3v) is 9.19. The summed E-state index contributed by atoms with van der Waals surface area (Å²) in [5.41, 5.74) is -2.52. The first-order valence-electron chi connectivity index (χ1n) is 12.7. The van der Waals surface area contributed by atoms with E-state index < -0.39 is 80.2 Å². The van der Waals surface area contributed by atoms with E-state index in [1.807, 2.05) is 5.32 Å². The zero-order valence-corrected chi connectivity index (χ0v) is 25.6. The molecule has 44 heavy (non-hydrogen) atoms. The minimum absolute atomic E-state index is 0.0796. The summed E-state index contributed by atoms with van der Waals surface area (Å²) in [6.07, 6.45) is 0.194. The number of amides is 3. The van der Waals surface area contributed by atoms with Gasteiger partial charge < -0.3 is 20.7 Å². The number of halogens is 9.